The molecule has 0 N–H and O–H groups in total. The van der Waals surface area contributed by atoms with Crippen LogP contribution in [0.15, 0.2) is 66.2 Å². The van der Waals surface area contributed by atoms with E-state index in [1.807, 2.05) is 35.2 Å². The number of fused-ring (bicyclic) bond motifs is 1. The molecule has 0 bridgehead atoms. The van der Waals surface area contributed by atoms with E-state index in [0.29, 0.717) is 0 Å². The van der Waals surface area contributed by atoms with Gasteiger partial charge in [0.15, 0.2) is 0 Å². The van der Waals surface area contributed by atoms with Crippen LogP contribution < -0.4 is 0 Å². The minimum atomic E-state index is 1.03. The molecule has 4 aromatic rings. The fourth-order valence-electron chi connectivity index (χ4n) is 2.58. The zero-order chi connectivity index (χ0) is 16.4. The first-order chi connectivity index (χ1) is 11.8. The molecule has 0 atom stereocenters. The van der Waals surface area contributed by atoms with Gasteiger partial charge in [-0.2, -0.15) is 10.2 Å². The molecule has 2 aromatic heterocycles. The maximum absolute atomic E-state index is 4.76. The van der Waals surface area contributed by atoms with Crippen LogP contribution in [-0.2, 0) is 0 Å². The summed E-state index contributed by atoms with van der Waals surface area (Å²) in [6.07, 6.45) is 9.12. The standard InChI is InChI=1S/C18H15N5S/c1-24-18-16-8-7-14(9-10-22-13-19-12-20-22)11-17(16)23(21-18)15-5-3-2-4-6-15/h2-13H,1H3/b10-9+. The van der Waals surface area contributed by atoms with Crippen LogP contribution >= 0.6 is 11.8 Å². The van der Waals surface area contributed by atoms with Crippen molar-refractivity contribution < 1.29 is 0 Å². The highest BCUT2D eigenvalue weighted by Gasteiger charge is 2.11. The molecule has 0 aliphatic carbocycles. The van der Waals surface area contributed by atoms with Gasteiger partial charge in [-0.25, -0.2) is 14.3 Å². The lowest BCUT2D eigenvalue weighted by molar-refractivity contribution is 0.861. The van der Waals surface area contributed by atoms with Crippen molar-refractivity contribution >= 4 is 34.9 Å². The van der Waals surface area contributed by atoms with Crippen molar-refractivity contribution in [3.8, 4) is 5.69 Å². The lowest BCUT2D eigenvalue weighted by Crippen LogP contribution is -1.95. The van der Waals surface area contributed by atoms with Gasteiger partial charge in [-0.3, -0.25) is 0 Å². The van der Waals surface area contributed by atoms with Crippen molar-refractivity contribution in [2.24, 2.45) is 0 Å². The van der Waals surface area contributed by atoms with Gasteiger partial charge in [0.25, 0.3) is 0 Å². The molecular formula is C18H15N5S. The lowest BCUT2D eigenvalue weighted by Gasteiger charge is -2.03. The zero-order valence-electron chi connectivity index (χ0n) is 13.1. The van der Waals surface area contributed by atoms with Crippen LogP contribution in [-0.4, -0.2) is 30.8 Å². The number of nitrogens with zero attached hydrogens (tertiary/aromatic N) is 5. The van der Waals surface area contributed by atoms with Crippen molar-refractivity contribution in [3.63, 3.8) is 0 Å². The molecule has 0 unspecified atom stereocenters. The van der Waals surface area contributed by atoms with E-state index in [9.17, 15) is 0 Å². The average Bonchev–Trinajstić information content (AvgIpc) is 3.28. The van der Waals surface area contributed by atoms with E-state index in [4.69, 9.17) is 5.10 Å². The predicted octanol–water partition coefficient (Wildman–Crippen LogP) is 3.97. The van der Waals surface area contributed by atoms with Crippen molar-refractivity contribution in [1.82, 2.24) is 24.5 Å². The fourth-order valence-corrected chi connectivity index (χ4v) is 3.14. The smallest absolute Gasteiger partial charge is 0.138 e. The molecule has 0 aliphatic rings. The van der Waals surface area contributed by atoms with Crippen LogP contribution in [0.4, 0.5) is 0 Å². The summed E-state index contributed by atoms with van der Waals surface area (Å²) in [7, 11) is 0. The third kappa shape index (κ3) is 2.72. The Hall–Kier alpha value is -2.86. The SMILES string of the molecule is CSc1nn(-c2ccccc2)c2cc(/C=C/n3cncn3)ccc12. The first-order valence-electron chi connectivity index (χ1n) is 7.49. The van der Waals surface area contributed by atoms with Crippen molar-refractivity contribution in [2.45, 2.75) is 5.03 Å². The van der Waals surface area contributed by atoms with Crippen LogP contribution in [0.5, 0.6) is 0 Å². The number of aromatic nitrogens is 5. The Kier molecular flexibility index (Phi) is 3.88. The van der Waals surface area contributed by atoms with Crippen LogP contribution in [0.1, 0.15) is 5.56 Å². The maximum Gasteiger partial charge on any atom is 0.138 e. The zero-order valence-corrected chi connectivity index (χ0v) is 13.9. The molecule has 0 aliphatic heterocycles. The second kappa shape index (κ2) is 6.33. The largest absolute Gasteiger partial charge is 0.232 e. The van der Waals surface area contributed by atoms with Gasteiger partial charge in [0.05, 0.1) is 11.2 Å². The number of hydrogen-bond donors (Lipinski definition) is 0. The third-order valence-corrected chi connectivity index (χ3v) is 4.41. The van der Waals surface area contributed by atoms with Crippen LogP contribution in [0.2, 0.25) is 0 Å². The number of hydrogen-bond acceptors (Lipinski definition) is 4. The van der Waals surface area contributed by atoms with Crippen LogP contribution in [0, 0.1) is 0 Å². The summed E-state index contributed by atoms with van der Waals surface area (Å²) in [6.45, 7) is 0. The molecule has 118 valence electrons. The molecule has 2 aromatic carbocycles. The van der Waals surface area contributed by atoms with Gasteiger partial charge in [0, 0.05) is 11.6 Å². The molecule has 0 radical (unpaired) electrons. The van der Waals surface area contributed by atoms with Gasteiger partial charge in [-0.1, -0.05) is 24.3 Å². The Morgan fingerprint density at radius 2 is 1.96 bits per heavy atom. The number of para-hydroxylation sites is 1. The molecule has 24 heavy (non-hydrogen) atoms. The Balaban J connectivity index is 1.83. The van der Waals surface area contributed by atoms with Gasteiger partial charge in [-0.15, -0.1) is 11.8 Å². The average molecular weight is 333 g/mol. The van der Waals surface area contributed by atoms with Crippen molar-refractivity contribution in [1.29, 1.82) is 0 Å². The Bertz CT molecular complexity index is 987. The van der Waals surface area contributed by atoms with Gasteiger partial charge >= 0.3 is 0 Å². The number of rotatable bonds is 4. The molecule has 0 amide bonds. The summed E-state index contributed by atoms with van der Waals surface area (Å²) >= 11 is 1.66. The highest BCUT2D eigenvalue weighted by molar-refractivity contribution is 7.98. The van der Waals surface area contributed by atoms with E-state index < -0.39 is 0 Å². The molecule has 4 rings (SSSR count). The summed E-state index contributed by atoms with van der Waals surface area (Å²) in [6, 6.07) is 16.5. The van der Waals surface area contributed by atoms with Crippen LogP contribution in [0.25, 0.3) is 28.9 Å². The monoisotopic (exact) mass is 333 g/mol. The van der Waals surface area contributed by atoms with E-state index in [2.05, 4.69) is 46.7 Å². The Morgan fingerprint density at radius 1 is 1.08 bits per heavy atom. The van der Waals surface area contributed by atoms with Crippen molar-refractivity contribution in [2.75, 3.05) is 6.26 Å². The molecule has 2 heterocycles. The second-order valence-corrected chi connectivity index (χ2v) is 6.02. The van der Waals surface area contributed by atoms with E-state index in [0.717, 1.165) is 27.2 Å². The van der Waals surface area contributed by atoms with Crippen molar-refractivity contribution in [3.05, 3.63) is 66.7 Å². The van der Waals surface area contributed by atoms with E-state index in [-0.39, 0.29) is 0 Å². The summed E-state index contributed by atoms with van der Waals surface area (Å²) in [5.74, 6) is 0. The highest BCUT2D eigenvalue weighted by atomic mass is 32.2. The quantitative estimate of drug-likeness (QED) is 0.530. The maximum atomic E-state index is 4.76. The Morgan fingerprint density at radius 3 is 2.71 bits per heavy atom. The summed E-state index contributed by atoms with van der Waals surface area (Å²) in [5, 5.41) is 11.0. The highest BCUT2D eigenvalue weighted by Crippen LogP contribution is 2.29. The van der Waals surface area contributed by atoms with E-state index in [1.54, 1.807) is 22.8 Å². The lowest BCUT2D eigenvalue weighted by atomic mass is 10.1. The van der Waals surface area contributed by atoms with Crippen LogP contribution in [0.3, 0.4) is 0 Å². The summed E-state index contributed by atoms with van der Waals surface area (Å²) < 4.78 is 3.67. The molecular weight excluding hydrogens is 318 g/mol. The molecule has 0 spiro atoms. The van der Waals surface area contributed by atoms with Gasteiger partial charge < -0.3 is 0 Å². The number of benzene rings is 2. The topological polar surface area (TPSA) is 48.5 Å². The second-order valence-electron chi connectivity index (χ2n) is 5.22. The minimum absolute atomic E-state index is 1.03. The van der Waals surface area contributed by atoms with E-state index in [1.165, 1.54) is 6.33 Å². The summed E-state index contributed by atoms with van der Waals surface area (Å²) in [5.41, 5.74) is 3.23. The third-order valence-electron chi connectivity index (χ3n) is 3.72. The fraction of sp³-hybridized carbons (Fsp3) is 0.0556. The first-order valence-corrected chi connectivity index (χ1v) is 8.72. The molecule has 0 fully saturated rings. The van der Waals surface area contributed by atoms with Gasteiger partial charge in [-0.05, 0) is 42.2 Å². The predicted molar refractivity (Wildman–Crippen MR) is 98.1 cm³/mol. The van der Waals surface area contributed by atoms with Gasteiger partial charge in [0.2, 0.25) is 0 Å². The minimum Gasteiger partial charge on any atom is -0.232 e. The summed E-state index contributed by atoms with van der Waals surface area (Å²) in [4.78, 5) is 3.94. The molecule has 6 heteroatoms. The Labute approximate surface area is 143 Å². The molecule has 0 saturated carbocycles. The first kappa shape index (κ1) is 14.7. The number of thioether (sulfide) groups is 1. The normalized spacial score (nSPS) is 11.5. The molecule has 5 nitrogen and oxygen atoms in total. The van der Waals surface area contributed by atoms with E-state index >= 15 is 0 Å². The van der Waals surface area contributed by atoms with Gasteiger partial charge in [0.1, 0.15) is 17.7 Å². The molecule has 0 saturated heterocycles.